The van der Waals surface area contributed by atoms with Crippen molar-refractivity contribution in [1.82, 2.24) is 10.2 Å². The van der Waals surface area contributed by atoms with Crippen LogP contribution in [0.15, 0.2) is 10.8 Å². The quantitative estimate of drug-likeness (QED) is 0.544. The largest absolute Gasteiger partial charge is 0.428 e. The summed E-state index contributed by atoms with van der Waals surface area (Å²) in [6, 6.07) is 0. The molecule has 1 aromatic heterocycles. The van der Waals surface area contributed by atoms with E-state index < -0.39 is 0 Å². The molecular weight excluding hydrogens is 108 g/mol. The lowest BCUT2D eigenvalue weighted by Crippen LogP contribution is -1.87. The molecule has 1 heterocycles. The van der Waals surface area contributed by atoms with E-state index in [9.17, 15) is 5.11 Å². The van der Waals surface area contributed by atoms with E-state index in [0.29, 0.717) is 12.3 Å². The van der Waals surface area contributed by atoms with Gasteiger partial charge in [-0.1, -0.05) is 0 Å². The Kier molecular flexibility index (Phi) is 1.58. The first-order valence-corrected chi connectivity index (χ1v) is 2.26. The molecular formula is C4H5N2O2. The molecule has 0 spiro atoms. The van der Waals surface area contributed by atoms with Crippen LogP contribution in [0.5, 0.6) is 0 Å². The Morgan fingerprint density at radius 2 is 2.62 bits per heavy atom. The first-order valence-electron chi connectivity index (χ1n) is 2.26. The van der Waals surface area contributed by atoms with E-state index in [-0.39, 0.29) is 6.61 Å². The molecule has 0 aliphatic carbocycles. The van der Waals surface area contributed by atoms with E-state index >= 15 is 0 Å². The molecule has 0 aliphatic rings. The third-order valence-corrected chi connectivity index (χ3v) is 0.721. The second kappa shape index (κ2) is 2.42. The van der Waals surface area contributed by atoms with Gasteiger partial charge in [0.2, 0.25) is 12.3 Å². The summed E-state index contributed by atoms with van der Waals surface area (Å²) in [6.45, 7) is -0.192. The van der Waals surface area contributed by atoms with Crippen LogP contribution in [0.4, 0.5) is 0 Å². The SMILES string of the molecule is [O]CCc1nnco1. The zero-order chi connectivity index (χ0) is 5.82. The Hall–Kier alpha value is -0.900. The van der Waals surface area contributed by atoms with Gasteiger partial charge in [-0.3, -0.25) is 0 Å². The zero-order valence-electron chi connectivity index (χ0n) is 4.20. The van der Waals surface area contributed by atoms with Crippen LogP contribution in [0.2, 0.25) is 0 Å². The number of rotatable bonds is 2. The summed E-state index contributed by atoms with van der Waals surface area (Å²) >= 11 is 0. The molecule has 0 unspecified atom stereocenters. The Labute approximate surface area is 46.2 Å². The van der Waals surface area contributed by atoms with E-state index in [1.165, 1.54) is 6.39 Å². The van der Waals surface area contributed by atoms with Crippen molar-refractivity contribution in [3.05, 3.63) is 12.3 Å². The molecule has 0 amide bonds. The summed E-state index contributed by atoms with van der Waals surface area (Å²) in [5.41, 5.74) is 0. The standard InChI is InChI=1S/C4H5N2O2/c7-2-1-4-6-5-3-8-4/h3H,1-2H2. The van der Waals surface area contributed by atoms with Gasteiger partial charge in [0.15, 0.2) is 0 Å². The number of nitrogens with zero attached hydrogens (tertiary/aromatic N) is 2. The van der Waals surface area contributed by atoms with Crippen molar-refractivity contribution in [2.24, 2.45) is 0 Å². The van der Waals surface area contributed by atoms with Gasteiger partial charge in [-0.15, -0.1) is 10.2 Å². The minimum absolute atomic E-state index is 0.192. The van der Waals surface area contributed by atoms with Crippen LogP contribution in [0, 0.1) is 0 Å². The van der Waals surface area contributed by atoms with Gasteiger partial charge < -0.3 is 4.42 Å². The molecule has 0 atom stereocenters. The molecule has 8 heavy (non-hydrogen) atoms. The van der Waals surface area contributed by atoms with Crippen LogP contribution < -0.4 is 0 Å². The molecule has 4 heteroatoms. The van der Waals surface area contributed by atoms with E-state index in [4.69, 9.17) is 0 Å². The topological polar surface area (TPSA) is 58.8 Å². The molecule has 4 nitrogen and oxygen atoms in total. The molecule has 0 saturated carbocycles. The van der Waals surface area contributed by atoms with E-state index in [1.54, 1.807) is 0 Å². The van der Waals surface area contributed by atoms with Gasteiger partial charge in [-0.25, -0.2) is 5.11 Å². The minimum atomic E-state index is -0.192. The Bertz CT molecular complexity index is 138. The predicted octanol–water partition coefficient (Wildman–Crippen LogP) is 0.0426. The van der Waals surface area contributed by atoms with Crippen molar-refractivity contribution in [2.75, 3.05) is 6.61 Å². The third-order valence-electron chi connectivity index (χ3n) is 0.721. The first kappa shape index (κ1) is 5.24. The zero-order valence-corrected chi connectivity index (χ0v) is 4.20. The monoisotopic (exact) mass is 113 g/mol. The Balaban J connectivity index is 2.50. The normalized spacial score (nSPS) is 9.62. The van der Waals surface area contributed by atoms with Gasteiger partial charge in [0.25, 0.3) is 0 Å². The lowest BCUT2D eigenvalue weighted by Gasteiger charge is -1.80. The third kappa shape index (κ3) is 1.04. The summed E-state index contributed by atoms with van der Waals surface area (Å²) < 4.78 is 4.65. The summed E-state index contributed by atoms with van der Waals surface area (Å²) in [5.74, 6) is 0.417. The van der Waals surface area contributed by atoms with Crippen LogP contribution >= 0.6 is 0 Å². The number of hydrogen-bond acceptors (Lipinski definition) is 3. The maximum absolute atomic E-state index is 9.87. The van der Waals surface area contributed by atoms with E-state index in [0.717, 1.165) is 0 Å². The summed E-state index contributed by atoms with van der Waals surface area (Å²) in [5, 5.41) is 16.7. The van der Waals surface area contributed by atoms with Gasteiger partial charge in [0.1, 0.15) is 0 Å². The van der Waals surface area contributed by atoms with E-state index in [2.05, 4.69) is 14.6 Å². The highest BCUT2D eigenvalue weighted by atomic mass is 16.4. The fraction of sp³-hybridized carbons (Fsp3) is 0.500. The predicted molar refractivity (Wildman–Crippen MR) is 23.6 cm³/mol. The molecule has 0 fully saturated rings. The van der Waals surface area contributed by atoms with Crippen molar-refractivity contribution >= 4 is 0 Å². The highest BCUT2D eigenvalue weighted by molar-refractivity contribution is 4.70. The molecule has 0 aliphatic heterocycles. The fourth-order valence-corrected chi connectivity index (χ4v) is 0.392. The second-order valence-corrected chi connectivity index (χ2v) is 1.29. The smallest absolute Gasteiger partial charge is 0.218 e. The van der Waals surface area contributed by atoms with Crippen molar-refractivity contribution in [1.29, 1.82) is 0 Å². The maximum Gasteiger partial charge on any atom is 0.218 e. The second-order valence-electron chi connectivity index (χ2n) is 1.29. The lowest BCUT2D eigenvalue weighted by atomic mass is 10.5. The van der Waals surface area contributed by atoms with Gasteiger partial charge >= 0.3 is 0 Å². The average molecular weight is 113 g/mol. The lowest BCUT2D eigenvalue weighted by molar-refractivity contribution is 0.189. The maximum atomic E-state index is 9.87. The van der Waals surface area contributed by atoms with Gasteiger partial charge in [-0.2, -0.15) is 0 Å². The van der Waals surface area contributed by atoms with Crippen molar-refractivity contribution < 1.29 is 9.52 Å². The van der Waals surface area contributed by atoms with Crippen LogP contribution in [0.25, 0.3) is 0 Å². The highest BCUT2D eigenvalue weighted by Crippen LogP contribution is 1.89. The average Bonchev–Trinajstić information content (AvgIpc) is 2.19. The van der Waals surface area contributed by atoms with Gasteiger partial charge in [0, 0.05) is 0 Å². The summed E-state index contributed by atoms with van der Waals surface area (Å²) in [4.78, 5) is 0. The number of aromatic nitrogens is 2. The Morgan fingerprint density at radius 3 is 3.12 bits per heavy atom. The first-order chi connectivity index (χ1) is 3.93. The molecule has 43 valence electrons. The molecule has 0 saturated heterocycles. The van der Waals surface area contributed by atoms with Crippen LogP contribution in [-0.2, 0) is 11.5 Å². The van der Waals surface area contributed by atoms with Crippen molar-refractivity contribution in [3.8, 4) is 0 Å². The van der Waals surface area contributed by atoms with Gasteiger partial charge in [-0.05, 0) is 0 Å². The van der Waals surface area contributed by atoms with Crippen LogP contribution in [0.1, 0.15) is 5.89 Å². The fourth-order valence-electron chi connectivity index (χ4n) is 0.392. The summed E-state index contributed by atoms with van der Waals surface area (Å²) in [6.07, 6.45) is 1.55. The van der Waals surface area contributed by atoms with Crippen LogP contribution in [0.3, 0.4) is 0 Å². The Morgan fingerprint density at radius 1 is 1.75 bits per heavy atom. The minimum Gasteiger partial charge on any atom is -0.428 e. The molecule has 0 bridgehead atoms. The van der Waals surface area contributed by atoms with E-state index in [1.807, 2.05) is 0 Å². The molecule has 0 N–H and O–H groups in total. The van der Waals surface area contributed by atoms with Crippen molar-refractivity contribution in [2.45, 2.75) is 6.42 Å². The molecule has 1 rings (SSSR count). The highest BCUT2D eigenvalue weighted by Gasteiger charge is 1.94. The van der Waals surface area contributed by atoms with Gasteiger partial charge in [0.05, 0.1) is 13.0 Å². The number of hydrogen-bond donors (Lipinski definition) is 0. The van der Waals surface area contributed by atoms with Crippen LogP contribution in [-0.4, -0.2) is 16.8 Å². The molecule has 1 aromatic rings. The molecule has 0 aromatic carbocycles. The summed E-state index contributed by atoms with van der Waals surface area (Å²) in [7, 11) is 0. The van der Waals surface area contributed by atoms with Crippen molar-refractivity contribution in [3.63, 3.8) is 0 Å². The molecule has 1 radical (unpaired) electrons.